The molecule has 10 heteroatoms. The van der Waals surface area contributed by atoms with Crippen LogP contribution in [0.3, 0.4) is 0 Å². The first-order chi connectivity index (χ1) is 12.9. The SMILES string of the molecule is CNC(=O)c1ccc(S(=O)(=O)Nc2ccc(Sc3nncn3C)cc2)cc1. The van der Waals surface area contributed by atoms with Gasteiger partial charge >= 0.3 is 0 Å². The molecular formula is C17H17N5O3S2. The number of carbonyl (C=O) groups is 1. The van der Waals surface area contributed by atoms with Crippen molar-refractivity contribution in [2.24, 2.45) is 7.05 Å². The molecule has 1 heterocycles. The third kappa shape index (κ3) is 4.47. The minimum absolute atomic E-state index is 0.0766. The molecular weight excluding hydrogens is 386 g/mol. The number of aromatic nitrogens is 3. The van der Waals surface area contributed by atoms with Crippen LogP contribution in [0.1, 0.15) is 10.4 Å². The van der Waals surface area contributed by atoms with Crippen LogP contribution in [-0.4, -0.2) is 36.1 Å². The minimum atomic E-state index is -3.75. The Bertz CT molecular complexity index is 1040. The number of nitrogens with zero attached hydrogens (tertiary/aromatic N) is 3. The van der Waals surface area contributed by atoms with Gasteiger partial charge in [0.1, 0.15) is 6.33 Å². The van der Waals surface area contributed by atoms with Gasteiger partial charge in [0.05, 0.1) is 4.90 Å². The Kier molecular flexibility index (Phi) is 5.47. The number of benzene rings is 2. The van der Waals surface area contributed by atoms with Gasteiger partial charge in [0, 0.05) is 30.2 Å². The lowest BCUT2D eigenvalue weighted by molar-refractivity contribution is 0.0963. The van der Waals surface area contributed by atoms with E-state index in [0.29, 0.717) is 11.3 Å². The van der Waals surface area contributed by atoms with Gasteiger partial charge in [-0.25, -0.2) is 8.42 Å². The fourth-order valence-corrected chi connectivity index (χ4v) is 4.03. The maximum atomic E-state index is 12.5. The van der Waals surface area contributed by atoms with Crippen molar-refractivity contribution < 1.29 is 13.2 Å². The van der Waals surface area contributed by atoms with E-state index in [1.54, 1.807) is 35.2 Å². The van der Waals surface area contributed by atoms with Gasteiger partial charge in [-0.1, -0.05) is 0 Å². The number of aryl methyl sites for hydroxylation is 1. The van der Waals surface area contributed by atoms with E-state index in [9.17, 15) is 13.2 Å². The first-order valence-electron chi connectivity index (χ1n) is 7.86. The quantitative estimate of drug-likeness (QED) is 0.653. The van der Waals surface area contributed by atoms with Crippen LogP contribution in [0.15, 0.2) is 69.8 Å². The van der Waals surface area contributed by atoms with E-state index in [0.717, 1.165) is 10.1 Å². The van der Waals surface area contributed by atoms with E-state index in [2.05, 4.69) is 20.2 Å². The summed E-state index contributed by atoms with van der Waals surface area (Å²) in [5, 5.41) is 11.0. The Hall–Kier alpha value is -2.85. The summed E-state index contributed by atoms with van der Waals surface area (Å²) in [6.45, 7) is 0. The Morgan fingerprint density at radius 3 is 2.30 bits per heavy atom. The molecule has 0 unspecified atom stereocenters. The van der Waals surface area contributed by atoms with Crippen LogP contribution in [0.25, 0.3) is 0 Å². The second-order valence-electron chi connectivity index (χ2n) is 5.56. The summed E-state index contributed by atoms with van der Waals surface area (Å²) in [6, 6.07) is 12.7. The van der Waals surface area contributed by atoms with Crippen LogP contribution in [-0.2, 0) is 17.1 Å². The molecule has 2 N–H and O–H groups in total. The van der Waals surface area contributed by atoms with Crippen LogP contribution in [0.4, 0.5) is 5.69 Å². The normalized spacial score (nSPS) is 11.2. The van der Waals surface area contributed by atoms with Crippen molar-refractivity contribution in [3.63, 3.8) is 0 Å². The van der Waals surface area contributed by atoms with E-state index >= 15 is 0 Å². The summed E-state index contributed by atoms with van der Waals surface area (Å²) in [7, 11) is -0.385. The van der Waals surface area contributed by atoms with Gasteiger partial charge in [0.15, 0.2) is 5.16 Å². The highest BCUT2D eigenvalue weighted by Crippen LogP contribution is 2.27. The summed E-state index contributed by atoms with van der Waals surface area (Å²) in [5.74, 6) is -0.275. The molecule has 3 rings (SSSR count). The van der Waals surface area contributed by atoms with Gasteiger partial charge in [0.25, 0.3) is 15.9 Å². The highest BCUT2D eigenvalue weighted by Gasteiger charge is 2.15. The Morgan fingerprint density at radius 2 is 1.74 bits per heavy atom. The molecule has 0 atom stereocenters. The third-order valence-electron chi connectivity index (χ3n) is 3.64. The zero-order valence-electron chi connectivity index (χ0n) is 14.6. The zero-order chi connectivity index (χ0) is 19.4. The average molecular weight is 403 g/mol. The molecule has 1 aromatic heterocycles. The molecule has 2 aromatic carbocycles. The van der Waals surface area contributed by atoms with Gasteiger partial charge in [-0.2, -0.15) is 0 Å². The number of rotatable bonds is 6. The molecule has 27 heavy (non-hydrogen) atoms. The van der Waals surface area contributed by atoms with Gasteiger partial charge < -0.3 is 9.88 Å². The van der Waals surface area contributed by atoms with Crippen LogP contribution in [0.5, 0.6) is 0 Å². The van der Waals surface area contributed by atoms with Crippen LogP contribution in [0, 0.1) is 0 Å². The number of amides is 1. The van der Waals surface area contributed by atoms with Crippen LogP contribution < -0.4 is 10.0 Å². The Balaban J connectivity index is 1.72. The summed E-state index contributed by atoms with van der Waals surface area (Å²) in [5.41, 5.74) is 0.828. The molecule has 0 fully saturated rings. The lowest BCUT2D eigenvalue weighted by Gasteiger charge is -2.09. The molecule has 0 saturated carbocycles. The Labute approximate surface area is 161 Å². The van der Waals surface area contributed by atoms with Crippen molar-refractivity contribution in [1.82, 2.24) is 20.1 Å². The van der Waals surface area contributed by atoms with E-state index in [-0.39, 0.29) is 10.8 Å². The Morgan fingerprint density at radius 1 is 1.07 bits per heavy atom. The van der Waals surface area contributed by atoms with Crippen LogP contribution >= 0.6 is 11.8 Å². The van der Waals surface area contributed by atoms with Crippen molar-refractivity contribution in [2.75, 3.05) is 11.8 Å². The van der Waals surface area contributed by atoms with Gasteiger partial charge in [-0.3, -0.25) is 9.52 Å². The second-order valence-corrected chi connectivity index (χ2v) is 8.28. The van der Waals surface area contributed by atoms with Gasteiger partial charge in [-0.15, -0.1) is 10.2 Å². The van der Waals surface area contributed by atoms with Crippen molar-refractivity contribution in [2.45, 2.75) is 14.9 Å². The highest BCUT2D eigenvalue weighted by molar-refractivity contribution is 7.99. The summed E-state index contributed by atoms with van der Waals surface area (Å²) >= 11 is 1.42. The van der Waals surface area contributed by atoms with Crippen molar-refractivity contribution in [3.8, 4) is 0 Å². The molecule has 0 aliphatic rings. The molecule has 0 radical (unpaired) electrons. The molecule has 140 valence electrons. The number of anilines is 1. The zero-order valence-corrected chi connectivity index (χ0v) is 16.2. The van der Waals surface area contributed by atoms with Crippen LogP contribution in [0.2, 0.25) is 0 Å². The minimum Gasteiger partial charge on any atom is -0.355 e. The van der Waals surface area contributed by atoms with Crippen molar-refractivity contribution in [3.05, 3.63) is 60.4 Å². The average Bonchev–Trinajstić information content (AvgIpc) is 3.07. The summed E-state index contributed by atoms with van der Waals surface area (Å²) in [6.07, 6.45) is 1.61. The largest absolute Gasteiger partial charge is 0.355 e. The number of hydrogen-bond acceptors (Lipinski definition) is 6. The van der Waals surface area contributed by atoms with Crippen molar-refractivity contribution in [1.29, 1.82) is 0 Å². The topological polar surface area (TPSA) is 106 Å². The lowest BCUT2D eigenvalue weighted by atomic mass is 10.2. The molecule has 3 aromatic rings. The maximum absolute atomic E-state index is 12.5. The highest BCUT2D eigenvalue weighted by atomic mass is 32.2. The molecule has 0 spiro atoms. The fraction of sp³-hybridized carbons (Fsp3) is 0.118. The number of carbonyl (C=O) groups excluding carboxylic acids is 1. The maximum Gasteiger partial charge on any atom is 0.261 e. The smallest absolute Gasteiger partial charge is 0.261 e. The molecule has 0 aliphatic heterocycles. The van der Waals surface area contributed by atoms with Gasteiger partial charge in [-0.05, 0) is 60.3 Å². The standard InChI is InChI=1S/C17H17N5O3S2/c1-18-16(23)12-3-9-15(10-4-12)27(24,25)21-13-5-7-14(8-6-13)26-17-20-19-11-22(17)2/h3-11,21H,1-2H3,(H,18,23). The summed E-state index contributed by atoms with van der Waals surface area (Å²) < 4.78 is 29.3. The molecule has 0 saturated heterocycles. The number of hydrogen-bond donors (Lipinski definition) is 2. The molecule has 8 nitrogen and oxygen atoms in total. The summed E-state index contributed by atoms with van der Waals surface area (Å²) in [4.78, 5) is 12.5. The molecule has 1 amide bonds. The van der Waals surface area contributed by atoms with E-state index < -0.39 is 10.0 Å². The fourth-order valence-electron chi connectivity index (χ4n) is 2.21. The predicted molar refractivity (Wildman–Crippen MR) is 102 cm³/mol. The number of nitrogens with one attached hydrogen (secondary N) is 2. The van der Waals surface area contributed by atoms with E-state index in [1.165, 1.54) is 43.1 Å². The predicted octanol–water partition coefficient (Wildman–Crippen LogP) is 2.13. The van der Waals surface area contributed by atoms with Crippen molar-refractivity contribution >= 4 is 33.4 Å². The lowest BCUT2D eigenvalue weighted by Crippen LogP contribution is -2.18. The first kappa shape index (κ1) is 18.9. The number of sulfonamides is 1. The molecule has 0 aliphatic carbocycles. The molecule has 0 bridgehead atoms. The third-order valence-corrected chi connectivity index (χ3v) is 6.10. The van der Waals surface area contributed by atoms with Gasteiger partial charge in [0.2, 0.25) is 0 Å². The monoisotopic (exact) mass is 403 g/mol. The van der Waals surface area contributed by atoms with E-state index in [4.69, 9.17) is 0 Å². The first-order valence-corrected chi connectivity index (χ1v) is 10.2. The van der Waals surface area contributed by atoms with E-state index in [1.807, 2.05) is 7.05 Å². The second kappa shape index (κ2) is 7.80.